The number of hydrogen-bond acceptors (Lipinski definition) is 4. The van der Waals surface area contributed by atoms with E-state index in [1.54, 1.807) is 0 Å². The van der Waals surface area contributed by atoms with Crippen LogP contribution in [0.25, 0.3) is 6.08 Å². The third kappa shape index (κ3) is 4.09. The van der Waals surface area contributed by atoms with Crippen LogP contribution in [0.1, 0.15) is 5.56 Å². The minimum absolute atomic E-state index is 0.107. The second-order valence-corrected chi connectivity index (χ2v) is 5.14. The van der Waals surface area contributed by atoms with E-state index < -0.39 is 14.0 Å². The van der Waals surface area contributed by atoms with E-state index in [4.69, 9.17) is 10.7 Å². The molecule has 0 unspecified atom stereocenters. The van der Waals surface area contributed by atoms with Crippen LogP contribution in [0, 0.1) is 10.1 Å². The first-order valence-electron chi connectivity index (χ1n) is 3.76. The molecule has 0 fully saturated rings. The van der Waals surface area contributed by atoms with Crippen molar-refractivity contribution >= 4 is 31.5 Å². The number of rotatable bonds is 3. The molecule has 0 heterocycles. The molecule has 0 amide bonds. The SMILES string of the molecule is O=[N+]([O-])c1cccc(/C=C/S(=O)(=O)Cl)c1. The Balaban J connectivity index is 3.02. The van der Waals surface area contributed by atoms with Crippen LogP contribution >= 0.6 is 10.7 Å². The highest BCUT2D eigenvalue weighted by Gasteiger charge is 2.04. The zero-order valence-corrected chi connectivity index (χ0v) is 8.90. The van der Waals surface area contributed by atoms with Gasteiger partial charge in [0.15, 0.2) is 0 Å². The minimum atomic E-state index is -3.73. The molecule has 0 bridgehead atoms. The van der Waals surface area contributed by atoms with Crippen LogP contribution in [-0.4, -0.2) is 13.3 Å². The third-order valence-corrected chi connectivity index (χ3v) is 2.27. The highest BCUT2D eigenvalue weighted by atomic mass is 35.7. The van der Waals surface area contributed by atoms with Gasteiger partial charge in [-0.3, -0.25) is 10.1 Å². The average molecular weight is 248 g/mol. The average Bonchev–Trinajstić information content (AvgIpc) is 2.14. The van der Waals surface area contributed by atoms with E-state index in [1.807, 2.05) is 0 Å². The van der Waals surface area contributed by atoms with E-state index >= 15 is 0 Å². The smallest absolute Gasteiger partial charge is 0.258 e. The molecule has 0 spiro atoms. The molecule has 15 heavy (non-hydrogen) atoms. The number of nitrogens with zero attached hydrogens (tertiary/aromatic N) is 1. The molecule has 7 heteroatoms. The fourth-order valence-electron chi connectivity index (χ4n) is 0.902. The molecule has 80 valence electrons. The summed E-state index contributed by atoms with van der Waals surface area (Å²) >= 11 is 0. The Morgan fingerprint density at radius 1 is 1.40 bits per heavy atom. The van der Waals surface area contributed by atoms with Crippen LogP contribution in [-0.2, 0) is 9.05 Å². The Morgan fingerprint density at radius 3 is 2.60 bits per heavy atom. The lowest BCUT2D eigenvalue weighted by molar-refractivity contribution is -0.384. The summed E-state index contributed by atoms with van der Waals surface area (Å²) in [6, 6.07) is 5.55. The summed E-state index contributed by atoms with van der Waals surface area (Å²) in [6.45, 7) is 0. The predicted octanol–water partition coefficient (Wildman–Crippen LogP) is 2.13. The van der Waals surface area contributed by atoms with E-state index in [1.165, 1.54) is 30.3 Å². The number of hydrogen-bond donors (Lipinski definition) is 0. The van der Waals surface area contributed by atoms with Gasteiger partial charge >= 0.3 is 0 Å². The summed E-state index contributed by atoms with van der Waals surface area (Å²) in [7, 11) is 1.20. The van der Waals surface area contributed by atoms with Crippen molar-refractivity contribution in [2.45, 2.75) is 0 Å². The molecule has 0 N–H and O–H groups in total. The van der Waals surface area contributed by atoms with Crippen molar-refractivity contribution in [1.82, 2.24) is 0 Å². The van der Waals surface area contributed by atoms with Crippen LogP contribution in [0.2, 0.25) is 0 Å². The lowest BCUT2D eigenvalue weighted by Crippen LogP contribution is -1.87. The number of halogens is 1. The summed E-state index contributed by atoms with van der Waals surface area (Å²) in [4.78, 5) is 9.83. The van der Waals surface area contributed by atoms with Gasteiger partial charge in [0.1, 0.15) is 0 Å². The van der Waals surface area contributed by atoms with Gasteiger partial charge in [-0.25, -0.2) is 8.42 Å². The maximum Gasteiger partial charge on any atom is 0.270 e. The van der Waals surface area contributed by atoms with Gasteiger partial charge in [0.25, 0.3) is 14.7 Å². The molecule has 1 aromatic carbocycles. The van der Waals surface area contributed by atoms with E-state index in [-0.39, 0.29) is 5.69 Å². The predicted molar refractivity (Wildman–Crippen MR) is 56.9 cm³/mol. The van der Waals surface area contributed by atoms with Crippen molar-refractivity contribution in [1.29, 1.82) is 0 Å². The molecule has 0 radical (unpaired) electrons. The molecular formula is C8H6ClNO4S. The Labute approximate surface area is 90.6 Å². The van der Waals surface area contributed by atoms with Crippen molar-refractivity contribution in [2.75, 3.05) is 0 Å². The fraction of sp³-hybridized carbons (Fsp3) is 0. The molecule has 0 saturated carbocycles. The Morgan fingerprint density at radius 2 is 2.07 bits per heavy atom. The van der Waals surface area contributed by atoms with Gasteiger partial charge in [0.2, 0.25) is 0 Å². The highest BCUT2D eigenvalue weighted by molar-refractivity contribution is 8.16. The van der Waals surface area contributed by atoms with E-state index in [0.717, 1.165) is 5.41 Å². The van der Waals surface area contributed by atoms with Crippen molar-refractivity contribution in [3.05, 3.63) is 45.4 Å². The second-order valence-electron chi connectivity index (χ2n) is 2.63. The zero-order chi connectivity index (χ0) is 11.5. The lowest BCUT2D eigenvalue weighted by Gasteiger charge is -1.93. The van der Waals surface area contributed by atoms with Gasteiger partial charge in [-0.15, -0.1) is 0 Å². The first kappa shape index (κ1) is 11.7. The molecule has 0 saturated heterocycles. The number of nitro groups is 1. The Kier molecular flexibility index (Phi) is 3.43. The Bertz CT molecular complexity index is 509. The summed E-state index contributed by atoms with van der Waals surface area (Å²) in [6.07, 6.45) is 1.19. The van der Waals surface area contributed by atoms with E-state index in [9.17, 15) is 18.5 Å². The molecule has 0 aliphatic rings. The first-order valence-corrected chi connectivity index (χ1v) is 6.13. The largest absolute Gasteiger partial charge is 0.270 e. The molecule has 5 nitrogen and oxygen atoms in total. The topological polar surface area (TPSA) is 77.3 Å². The van der Waals surface area contributed by atoms with E-state index in [0.29, 0.717) is 5.56 Å². The monoisotopic (exact) mass is 247 g/mol. The molecule has 0 atom stereocenters. The summed E-state index contributed by atoms with van der Waals surface area (Å²) in [5.74, 6) is 0. The zero-order valence-electron chi connectivity index (χ0n) is 7.33. The van der Waals surface area contributed by atoms with Gasteiger partial charge in [-0.1, -0.05) is 12.1 Å². The molecule has 0 aliphatic heterocycles. The molecule has 1 aromatic rings. The van der Waals surface area contributed by atoms with Gasteiger partial charge < -0.3 is 0 Å². The van der Waals surface area contributed by atoms with Gasteiger partial charge in [-0.2, -0.15) is 0 Å². The molecule has 1 rings (SSSR count). The van der Waals surface area contributed by atoms with Gasteiger partial charge in [0, 0.05) is 28.2 Å². The first-order chi connectivity index (χ1) is 6.88. The van der Waals surface area contributed by atoms with Crippen molar-refractivity contribution < 1.29 is 13.3 Å². The maximum atomic E-state index is 10.6. The number of non-ortho nitro benzene ring substituents is 1. The maximum absolute atomic E-state index is 10.6. The summed E-state index contributed by atoms with van der Waals surface area (Å²) in [5, 5.41) is 11.2. The number of nitro benzene ring substituents is 1. The van der Waals surface area contributed by atoms with Crippen LogP contribution in [0.15, 0.2) is 29.7 Å². The van der Waals surface area contributed by atoms with Crippen LogP contribution in [0.3, 0.4) is 0 Å². The highest BCUT2D eigenvalue weighted by Crippen LogP contribution is 2.15. The van der Waals surface area contributed by atoms with Crippen molar-refractivity contribution in [2.24, 2.45) is 0 Å². The standard InChI is InChI=1S/C8H6ClNO4S/c9-15(13,14)5-4-7-2-1-3-8(6-7)10(11)12/h1-6H/b5-4+. The minimum Gasteiger partial charge on any atom is -0.258 e. The van der Waals surface area contributed by atoms with Gasteiger partial charge in [-0.05, 0) is 11.6 Å². The van der Waals surface area contributed by atoms with Crippen molar-refractivity contribution in [3.63, 3.8) is 0 Å². The second kappa shape index (κ2) is 4.41. The fourth-order valence-corrected chi connectivity index (χ4v) is 1.38. The van der Waals surface area contributed by atoms with Crippen LogP contribution in [0.5, 0.6) is 0 Å². The third-order valence-electron chi connectivity index (χ3n) is 1.50. The lowest BCUT2D eigenvalue weighted by atomic mass is 10.2. The van der Waals surface area contributed by atoms with Crippen LogP contribution in [0.4, 0.5) is 5.69 Å². The summed E-state index contributed by atoms with van der Waals surface area (Å²) < 4.78 is 21.1. The molecule has 0 aromatic heterocycles. The molecule has 0 aliphatic carbocycles. The Hall–Kier alpha value is -1.40. The molecular weight excluding hydrogens is 242 g/mol. The van der Waals surface area contributed by atoms with Crippen molar-refractivity contribution in [3.8, 4) is 0 Å². The summed E-state index contributed by atoms with van der Waals surface area (Å²) in [5.41, 5.74) is 0.289. The number of benzene rings is 1. The van der Waals surface area contributed by atoms with E-state index in [2.05, 4.69) is 0 Å². The quantitative estimate of drug-likeness (QED) is 0.466. The van der Waals surface area contributed by atoms with Crippen LogP contribution < -0.4 is 0 Å². The van der Waals surface area contributed by atoms with Gasteiger partial charge in [0.05, 0.1) is 4.92 Å². The normalized spacial score (nSPS) is 11.8.